The first-order valence-corrected chi connectivity index (χ1v) is 9.72. The molecule has 0 saturated heterocycles. The molecule has 1 aromatic carbocycles. The standard InChI is InChI=1S/C19H22FN7S/c1-19(2,3)17-24-25-18(28-17)23-10-4-5-15-14(11-21)16(22)27(26-15)13-8-6-12(20)7-9-13/h6-9H,4-5,10,22H2,1-3H3,(H,23,25). The number of hydrogen-bond acceptors (Lipinski definition) is 7. The summed E-state index contributed by atoms with van der Waals surface area (Å²) < 4.78 is 14.6. The van der Waals surface area contributed by atoms with Gasteiger partial charge in [-0.2, -0.15) is 10.4 Å². The molecule has 7 nitrogen and oxygen atoms in total. The fourth-order valence-electron chi connectivity index (χ4n) is 2.60. The molecule has 0 aliphatic heterocycles. The fraction of sp³-hybridized carbons (Fsp3) is 0.368. The molecule has 2 aromatic heterocycles. The number of nitriles is 1. The zero-order chi connectivity index (χ0) is 20.3. The highest BCUT2D eigenvalue weighted by Crippen LogP contribution is 2.27. The van der Waals surface area contributed by atoms with Crippen molar-refractivity contribution in [2.24, 2.45) is 0 Å². The van der Waals surface area contributed by atoms with Gasteiger partial charge in [0.25, 0.3) is 0 Å². The minimum absolute atomic E-state index is 0.0238. The Morgan fingerprint density at radius 2 is 1.96 bits per heavy atom. The number of aryl methyl sites for hydroxylation is 1. The second-order valence-corrected chi connectivity index (χ2v) is 8.38. The van der Waals surface area contributed by atoms with Crippen molar-refractivity contribution < 1.29 is 4.39 Å². The number of benzene rings is 1. The highest BCUT2D eigenvalue weighted by molar-refractivity contribution is 7.15. The van der Waals surface area contributed by atoms with Crippen molar-refractivity contribution in [3.05, 3.63) is 46.3 Å². The van der Waals surface area contributed by atoms with Crippen molar-refractivity contribution in [1.82, 2.24) is 20.0 Å². The minimum Gasteiger partial charge on any atom is -0.382 e. The average Bonchev–Trinajstić information content (AvgIpc) is 3.24. The zero-order valence-electron chi connectivity index (χ0n) is 16.0. The van der Waals surface area contributed by atoms with Crippen LogP contribution < -0.4 is 11.1 Å². The number of nitrogens with one attached hydrogen (secondary N) is 1. The number of nitrogens with two attached hydrogens (primary N) is 1. The molecule has 0 bridgehead atoms. The number of anilines is 2. The lowest BCUT2D eigenvalue weighted by molar-refractivity contribution is 0.578. The molecule has 0 amide bonds. The van der Waals surface area contributed by atoms with E-state index in [9.17, 15) is 9.65 Å². The fourth-order valence-corrected chi connectivity index (χ4v) is 3.43. The van der Waals surface area contributed by atoms with Crippen LogP contribution in [0.5, 0.6) is 0 Å². The number of hydrogen-bond donors (Lipinski definition) is 2. The Balaban J connectivity index is 1.64. The Bertz CT molecular complexity index is 993. The third-order valence-electron chi connectivity index (χ3n) is 4.11. The molecule has 3 aromatic rings. The van der Waals surface area contributed by atoms with Crippen LogP contribution in [0.1, 0.15) is 43.5 Å². The van der Waals surface area contributed by atoms with E-state index in [0.29, 0.717) is 29.9 Å². The van der Waals surface area contributed by atoms with Crippen LogP contribution in [-0.2, 0) is 11.8 Å². The van der Waals surface area contributed by atoms with Gasteiger partial charge in [0.2, 0.25) is 5.13 Å². The summed E-state index contributed by atoms with van der Waals surface area (Å²) >= 11 is 1.54. The first-order valence-electron chi connectivity index (χ1n) is 8.91. The van der Waals surface area contributed by atoms with Gasteiger partial charge in [0.1, 0.15) is 28.3 Å². The SMILES string of the molecule is CC(C)(C)c1nnc(NCCCc2nn(-c3ccc(F)cc3)c(N)c2C#N)s1. The summed E-state index contributed by atoms with van der Waals surface area (Å²) in [6, 6.07) is 7.94. The van der Waals surface area contributed by atoms with Crippen molar-refractivity contribution in [2.75, 3.05) is 17.6 Å². The third kappa shape index (κ3) is 4.28. The zero-order valence-corrected chi connectivity index (χ0v) is 16.8. The molecule has 9 heteroatoms. The van der Waals surface area contributed by atoms with E-state index >= 15 is 0 Å². The van der Waals surface area contributed by atoms with Crippen molar-refractivity contribution in [2.45, 2.75) is 39.0 Å². The summed E-state index contributed by atoms with van der Waals surface area (Å²) in [5.41, 5.74) is 7.65. The van der Waals surface area contributed by atoms with Gasteiger partial charge in [-0.25, -0.2) is 9.07 Å². The minimum atomic E-state index is -0.340. The molecule has 0 saturated carbocycles. The smallest absolute Gasteiger partial charge is 0.205 e. The van der Waals surface area contributed by atoms with E-state index in [4.69, 9.17) is 5.73 Å². The molecule has 0 spiro atoms. The Labute approximate surface area is 167 Å². The first kappa shape index (κ1) is 19.8. The number of nitrogens with zero attached hydrogens (tertiary/aromatic N) is 5. The topological polar surface area (TPSA) is 105 Å². The van der Waals surface area contributed by atoms with Crippen LogP contribution in [-0.4, -0.2) is 26.5 Å². The summed E-state index contributed by atoms with van der Waals surface area (Å²) in [6.07, 6.45) is 1.33. The maximum atomic E-state index is 13.1. The quantitative estimate of drug-likeness (QED) is 0.613. The van der Waals surface area contributed by atoms with E-state index < -0.39 is 0 Å². The molecule has 3 rings (SSSR count). The molecule has 0 atom stereocenters. The van der Waals surface area contributed by atoms with Crippen LogP contribution >= 0.6 is 11.3 Å². The largest absolute Gasteiger partial charge is 0.382 e. The Hall–Kier alpha value is -2.99. The van der Waals surface area contributed by atoms with E-state index in [1.165, 1.54) is 16.8 Å². The molecule has 0 unspecified atom stereocenters. The first-order chi connectivity index (χ1) is 13.3. The van der Waals surface area contributed by atoms with E-state index in [1.807, 2.05) is 0 Å². The van der Waals surface area contributed by atoms with Crippen LogP contribution in [0, 0.1) is 17.1 Å². The summed E-state index contributed by atoms with van der Waals surface area (Å²) in [7, 11) is 0. The number of halogens is 1. The molecular formula is C19H22FN7S. The van der Waals surface area contributed by atoms with E-state index in [1.54, 1.807) is 23.5 Å². The lowest BCUT2D eigenvalue weighted by Gasteiger charge is -2.12. The predicted molar refractivity (Wildman–Crippen MR) is 108 cm³/mol. The third-order valence-corrected chi connectivity index (χ3v) is 5.42. The maximum absolute atomic E-state index is 13.1. The van der Waals surface area contributed by atoms with Crippen molar-refractivity contribution in [1.29, 1.82) is 5.26 Å². The van der Waals surface area contributed by atoms with Crippen LogP contribution in [0.4, 0.5) is 15.3 Å². The molecule has 146 valence electrons. The maximum Gasteiger partial charge on any atom is 0.205 e. The predicted octanol–water partition coefficient (Wildman–Crippen LogP) is 3.66. The van der Waals surface area contributed by atoms with E-state index in [0.717, 1.165) is 16.6 Å². The normalized spacial score (nSPS) is 11.4. The van der Waals surface area contributed by atoms with Gasteiger partial charge < -0.3 is 11.1 Å². The Morgan fingerprint density at radius 1 is 1.25 bits per heavy atom. The lowest BCUT2D eigenvalue weighted by Crippen LogP contribution is -2.10. The van der Waals surface area contributed by atoms with Gasteiger partial charge >= 0.3 is 0 Å². The molecule has 0 aliphatic rings. The summed E-state index contributed by atoms with van der Waals surface area (Å²) in [4.78, 5) is 0. The van der Waals surface area contributed by atoms with Gasteiger partial charge in [-0.15, -0.1) is 10.2 Å². The molecule has 2 heterocycles. The van der Waals surface area contributed by atoms with Gasteiger partial charge in [-0.1, -0.05) is 32.1 Å². The average molecular weight is 399 g/mol. The molecular weight excluding hydrogens is 377 g/mol. The number of nitrogen functional groups attached to an aromatic ring is 1. The summed E-state index contributed by atoms with van der Waals surface area (Å²) in [5.74, 6) is -0.0800. The molecule has 28 heavy (non-hydrogen) atoms. The van der Waals surface area contributed by atoms with Crippen molar-refractivity contribution >= 4 is 22.3 Å². The number of rotatable bonds is 6. The molecule has 0 aliphatic carbocycles. The second kappa shape index (κ2) is 7.94. The summed E-state index contributed by atoms with van der Waals surface area (Å²) in [6.45, 7) is 6.97. The van der Waals surface area contributed by atoms with Crippen LogP contribution in [0.3, 0.4) is 0 Å². The van der Waals surface area contributed by atoms with E-state index in [-0.39, 0.29) is 17.1 Å². The summed E-state index contributed by atoms with van der Waals surface area (Å²) in [5, 5.41) is 27.3. The van der Waals surface area contributed by atoms with Gasteiger partial charge in [0.15, 0.2) is 0 Å². The number of aromatic nitrogens is 4. The highest BCUT2D eigenvalue weighted by Gasteiger charge is 2.19. The van der Waals surface area contributed by atoms with Gasteiger partial charge in [0, 0.05) is 12.0 Å². The molecule has 0 fully saturated rings. The van der Waals surface area contributed by atoms with Gasteiger partial charge in [-0.3, -0.25) is 0 Å². The lowest BCUT2D eigenvalue weighted by atomic mass is 9.98. The van der Waals surface area contributed by atoms with Crippen LogP contribution in [0.25, 0.3) is 5.69 Å². The molecule has 0 radical (unpaired) electrons. The monoisotopic (exact) mass is 399 g/mol. The van der Waals surface area contributed by atoms with Gasteiger partial charge in [-0.05, 0) is 37.1 Å². The Kier molecular flexibility index (Phi) is 5.61. The van der Waals surface area contributed by atoms with Gasteiger partial charge in [0.05, 0.1) is 11.4 Å². The van der Waals surface area contributed by atoms with Crippen molar-refractivity contribution in [3.63, 3.8) is 0 Å². The van der Waals surface area contributed by atoms with Crippen LogP contribution in [0.2, 0.25) is 0 Å². The van der Waals surface area contributed by atoms with Crippen LogP contribution in [0.15, 0.2) is 24.3 Å². The van der Waals surface area contributed by atoms with Crippen molar-refractivity contribution in [3.8, 4) is 11.8 Å². The molecule has 3 N–H and O–H groups in total. The van der Waals surface area contributed by atoms with E-state index in [2.05, 4.69) is 47.5 Å². The highest BCUT2D eigenvalue weighted by atomic mass is 32.1. The second-order valence-electron chi connectivity index (χ2n) is 7.40. The Morgan fingerprint density at radius 3 is 2.57 bits per heavy atom.